The molecule has 1 aliphatic carbocycles. The maximum Gasteiger partial charge on any atom is 0.161 e. The molecule has 0 radical (unpaired) electrons. The molecule has 0 bridgehead atoms. The molecule has 2 heteroatoms. The molecule has 12 heavy (non-hydrogen) atoms. The molecule has 70 valence electrons. The molecule has 1 N–H and O–H groups in total. The van der Waals surface area contributed by atoms with Gasteiger partial charge in [-0.2, -0.15) is 0 Å². The van der Waals surface area contributed by atoms with Crippen LogP contribution >= 0.6 is 0 Å². The fourth-order valence-corrected chi connectivity index (χ4v) is 1.86. The Kier molecular flexibility index (Phi) is 3.73. The fourth-order valence-electron chi connectivity index (χ4n) is 1.86. The summed E-state index contributed by atoms with van der Waals surface area (Å²) in [5, 5.41) is 9.24. The molecule has 1 atom stereocenters. The van der Waals surface area contributed by atoms with Crippen LogP contribution in [0.5, 0.6) is 0 Å². The molecule has 0 aromatic rings. The quantitative estimate of drug-likeness (QED) is 0.699. The number of ketones is 1. The second-order valence-corrected chi connectivity index (χ2v) is 3.74. The lowest BCUT2D eigenvalue weighted by Gasteiger charge is -2.10. The van der Waals surface area contributed by atoms with Crippen LogP contribution in [-0.2, 0) is 4.79 Å². The van der Waals surface area contributed by atoms with Gasteiger partial charge in [0.05, 0.1) is 0 Å². The van der Waals surface area contributed by atoms with E-state index in [2.05, 4.69) is 0 Å². The van der Waals surface area contributed by atoms with Crippen molar-refractivity contribution in [3.63, 3.8) is 0 Å². The standard InChI is InChI=1S/C10H18O2/c1-2-9(11)10(12)7-8-5-3-4-6-8/h8-9,11H,2-7H2,1H3. The molecule has 0 aromatic carbocycles. The summed E-state index contributed by atoms with van der Waals surface area (Å²) in [4.78, 5) is 11.3. The van der Waals surface area contributed by atoms with E-state index in [4.69, 9.17) is 0 Å². The molecule has 1 fully saturated rings. The normalized spacial score (nSPS) is 21.2. The van der Waals surface area contributed by atoms with E-state index < -0.39 is 6.10 Å². The van der Waals surface area contributed by atoms with Gasteiger partial charge >= 0.3 is 0 Å². The average Bonchev–Trinajstić information content (AvgIpc) is 2.55. The van der Waals surface area contributed by atoms with E-state index in [-0.39, 0.29) is 5.78 Å². The van der Waals surface area contributed by atoms with E-state index >= 15 is 0 Å². The molecule has 0 aliphatic heterocycles. The van der Waals surface area contributed by atoms with Crippen LogP contribution in [0.3, 0.4) is 0 Å². The first-order valence-electron chi connectivity index (χ1n) is 4.94. The van der Waals surface area contributed by atoms with Crippen molar-refractivity contribution in [2.75, 3.05) is 0 Å². The van der Waals surface area contributed by atoms with Gasteiger partial charge in [-0.05, 0) is 12.3 Å². The van der Waals surface area contributed by atoms with Crippen molar-refractivity contribution in [1.29, 1.82) is 0 Å². The van der Waals surface area contributed by atoms with Gasteiger partial charge in [0.2, 0.25) is 0 Å². The molecule has 0 spiro atoms. The molecule has 1 saturated carbocycles. The van der Waals surface area contributed by atoms with Crippen LogP contribution in [0.25, 0.3) is 0 Å². The van der Waals surface area contributed by atoms with Gasteiger partial charge in [0.25, 0.3) is 0 Å². The molecule has 0 aromatic heterocycles. The Labute approximate surface area is 74.0 Å². The van der Waals surface area contributed by atoms with E-state index in [9.17, 15) is 9.90 Å². The van der Waals surface area contributed by atoms with Crippen LogP contribution in [0.4, 0.5) is 0 Å². The molecule has 0 saturated heterocycles. The highest BCUT2D eigenvalue weighted by molar-refractivity contribution is 5.82. The second-order valence-electron chi connectivity index (χ2n) is 3.74. The summed E-state index contributed by atoms with van der Waals surface area (Å²) in [6.07, 6.45) is 5.36. The van der Waals surface area contributed by atoms with Crippen molar-refractivity contribution in [2.24, 2.45) is 5.92 Å². The van der Waals surface area contributed by atoms with E-state index in [0.29, 0.717) is 18.8 Å². The minimum Gasteiger partial charge on any atom is -0.385 e. The lowest BCUT2D eigenvalue weighted by Crippen LogP contribution is -2.21. The minimum absolute atomic E-state index is 0.0457. The van der Waals surface area contributed by atoms with Crippen LogP contribution in [0.15, 0.2) is 0 Å². The number of Topliss-reactive ketones (excluding diaryl/α,β-unsaturated/α-hetero) is 1. The van der Waals surface area contributed by atoms with E-state index in [1.54, 1.807) is 0 Å². The highest BCUT2D eigenvalue weighted by Crippen LogP contribution is 2.28. The predicted octanol–water partition coefficient (Wildman–Crippen LogP) is 1.91. The zero-order chi connectivity index (χ0) is 8.97. The maximum absolute atomic E-state index is 11.3. The Bertz CT molecular complexity index is 148. The second kappa shape index (κ2) is 4.61. The monoisotopic (exact) mass is 170 g/mol. The molecule has 1 aliphatic rings. The SMILES string of the molecule is CCC(O)C(=O)CC1CCCC1. The Morgan fingerprint density at radius 2 is 2.08 bits per heavy atom. The summed E-state index contributed by atoms with van der Waals surface area (Å²) in [5.41, 5.74) is 0. The van der Waals surface area contributed by atoms with Gasteiger partial charge < -0.3 is 5.11 Å². The van der Waals surface area contributed by atoms with Crippen LogP contribution in [0, 0.1) is 5.92 Å². The predicted molar refractivity (Wildman–Crippen MR) is 47.9 cm³/mol. The van der Waals surface area contributed by atoms with Crippen molar-refractivity contribution < 1.29 is 9.90 Å². The van der Waals surface area contributed by atoms with Crippen LogP contribution in [-0.4, -0.2) is 17.0 Å². The number of hydrogen-bond acceptors (Lipinski definition) is 2. The van der Waals surface area contributed by atoms with Crippen molar-refractivity contribution in [3.05, 3.63) is 0 Å². The highest BCUT2D eigenvalue weighted by Gasteiger charge is 2.21. The summed E-state index contributed by atoms with van der Waals surface area (Å²) >= 11 is 0. The van der Waals surface area contributed by atoms with E-state index in [1.807, 2.05) is 6.92 Å². The van der Waals surface area contributed by atoms with Gasteiger partial charge in [0.1, 0.15) is 6.10 Å². The third kappa shape index (κ3) is 2.59. The van der Waals surface area contributed by atoms with E-state index in [1.165, 1.54) is 25.7 Å². The Morgan fingerprint density at radius 3 is 2.58 bits per heavy atom. The average molecular weight is 170 g/mol. The first-order chi connectivity index (χ1) is 5.74. The first-order valence-corrected chi connectivity index (χ1v) is 4.94. The molecular weight excluding hydrogens is 152 g/mol. The smallest absolute Gasteiger partial charge is 0.161 e. The summed E-state index contributed by atoms with van der Waals surface area (Å²) in [6, 6.07) is 0. The molecule has 0 heterocycles. The van der Waals surface area contributed by atoms with Crippen LogP contribution in [0.2, 0.25) is 0 Å². The maximum atomic E-state index is 11.3. The lowest BCUT2D eigenvalue weighted by atomic mass is 9.98. The molecule has 2 nitrogen and oxygen atoms in total. The highest BCUT2D eigenvalue weighted by atomic mass is 16.3. The Morgan fingerprint density at radius 1 is 1.50 bits per heavy atom. The first kappa shape index (κ1) is 9.72. The van der Waals surface area contributed by atoms with Gasteiger partial charge in [-0.25, -0.2) is 0 Å². The third-order valence-corrected chi connectivity index (χ3v) is 2.72. The number of aliphatic hydroxyl groups is 1. The van der Waals surface area contributed by atoms with Gasteiger partial charge in [-0.3, -0.25) is 4.79 Å². The van der Waals surface area contributed by atoms with E-state index in [0.717, 1.165) is 0 Å². The Hall–Kier alpha value is -0.370. The lowest BCUT2D eigenvalue weighted by molar-refractivity contribution is -0.128. The fraction of sp³-hybridized carbons (Fsp3) is 0.900. The molecule has 1 unspecified atom stereocenters. The zero-order valence-corrected chi connectivity index (χ0v) is 7.75. The van der Waals surface area contributed by atoms with Crippen LogP contribution in [0.1, 0.15) is 45.4 Å². The number of carbonyl (C=O) groups is 1. The van der Waals surface area contributed by atoms with Crippen molar-refractivity contribution >= 4 is 5.78 Å². The number of rotatable bonds is 4. The van der Waals surface area contributed by atoms with Crippen molar-refractivity contribution in [2.45, 2.75) is 51.6 Å². The summed E-state index contributed by atoms with van der Waals surface area (Å²) < 4.78 is 0. The zero-order valence-electron chi connectivity index (χ0n) is 7.75. The van der Waals surface area contributed by atoms with Gasteiger partial charge in [0, 0.05) is 6.42 Å². The third-order valence-electron chi connectivity index (χ3n) is 2.72. The largest absolute Gasteiger partial charge is 0.385 e. The summed E-state index contributed by atoms with van der Waals surface area (Å²) in [6.45, 7) is 1.84. The van der Waals surface area contributed by atoms with Gasteiger partial charge in [-0.1, -0.05) is 32.6 Å². The molecular formula is C10H18O2. The molecule has 1 rings (SSSR count). The van der Waals surface area contributed by atoms with Crippen molar-refractivity contribution in [3.8, 4) is 0 Å². The molecule has 0 amide bonds. The minimum atomic E-state index is -0.703. The number of hydrogen-bond donors (Lipinski definition) is 1. The van der Waals surface area contributed by atoms with Gasteiger partial charge in [0.15, 0.2) is 5.78 Å². The van der Waals surface area contributed by atoms with Crippen molar-refractivity contribution in [1.82, 2.24) is 0 Å². The Balaban J connectivity index is 2.25. The summed E-state index contributed by atoms with van der Waals surface area (Å²) in [5.74, 6) is 0.614. The number of aliphatic hydroxyl groups excluding tert-OH is 1. The topological polar surface area (TPSA) is 37.3 Å². The van der Waals surface area contributed by atoms with Crippen LogP contribution < -0.4 is 0 Å². The van der Waals surface area contributed by atoms with Gasteiger partial charge in [-0.15, -0.1) is 0 Å². The number of carbonyl (C=O) groups excluding carboxylic acids is 1. The summed E-state index contributed by atoms with van der Waals surface area (Å²) in [7, 11) is 0.